The van der Waals surface area contributed by atoms with E-state index in [-0.39, 0.29) is 24.0 Å². The quantitative estimate of drug-likeness (QED) is 0.313. The second-order valence-electron chi connectivity index (χ2n) is 13.8. The zero-order chi connectivity index (χ0) is 33.5. The van der Waals surface area contributed by atoms with Crippen molar-refractivity contribution in [2.75, 3.05) is 24.6 Å². The van der Waals surface area contributed by atoms with Crippen molar-refractivity contribution in [3.63, 3.8) is 0 Å². The first kappa shape index (κ1) is 33.1. The van der Waals surface area contributed by atoms with Crippen LogP contribution in [0.2, 0.25) is 5.02 Å². The number of carbonyl (C=O) groups is 1. The van der Waals surface area contributed by atoms with E-state index in [4.69, 9.17) is 25.5 Å². The first-order valence-corrected chi connectivity index (χ1v) is 19.0. The van der Waals surface area contributed by atoms with E-state index < -0.39 is 21.2 Å². The van der Waals surface area contributed by atoms with Crippen LogP contribution in [0.3, 0.4) is 0 Å². The molecule has 1 aromatic heterocycles. The Bertz CT molecular complexity index is 1810. The van der Waals surface area contributed by atoms with Crippen LogP contribution in [-0.4, -0.2) is 55.6 Å². The van der Waals surface area contributed by atoms with Gasteiger partial charge in [0.25, 0.3) is 5.91 Å². The van der Waals surface area contributed by atoms with Gasteiger partial charge < -0.3 is 18.8 Å². The van der Waals surface area contributed by atoms with E-state index in [0.29, 0.717) is 61.4 Å². The number of hydrogen-bond acceptors (Lipinski definition) is 9. The number of sulfonamides is 1. The van der Waals surface area contributed by atoms with Crippen LogP contribution in [0.4, 0.5) is 5.69 Å². The van der Waals surface area contributed by atoms with Crippen molar-refractivity contribution in [1.29, 1.82) is 0 Å². The number of ether oxygens (including phenoxy) is 2. The monoisotopic (exact) mass is 694 g/mol. The number of benzene rings is 2. The van der Waals surface area contributed by atoms with Crippen LogP contribution in [0.1, 0.15) is 85.1 Å². The molecule has 48 heavy (non-hydrogen) atoms. The third-order valence-corrected chi connectivity index (χ3v) is 12.9. The molecule has 1 spiro atoms. The Balaban J connectivity index is 1.27. The molecule has 256 valence electrons. The van der Waals surface area contributed by atoms with Crippen LogP contribution in [0.15, 0.2) is 53.0 Å². The van der Waals surface area contributed by atoms with E-state index in [9.17, 15) is 13.2 Å². The number of fused-ring (bicyclic) bond motifs is 4. The molecule has 3 heterocycles. The van der Waals surface area contributed by atoms with Gasteiger partial charge in [0.2, 0.25) is 21.8 Å². The lowest BCUT2D eigenvalue weighted by Gasteiger charge is -2.46. The minimum absolute atomic E-state index is 0.198. The predicted octanol–water partition coefficient (Wildman–Crippen LogP) is 6.30. The third kappa shape index (κ3) is 6.61. The van der Waals surface area contributed by atoms with Gasteiger partial charge in [-0.05, 0) is 105 Å². The molecule has 0 radical (unpaired) electrons. The fourth-order valence-corrected chi connectivity index (χ4v) is 9.66. The summed E-state index contributed by atoms with van der Waals surface area (Å²) in [6.07, 6.45) is 10.2. The molecule has 0 saturated heterocycles. The molecule has 1 amide bonds. The molecule has 5 atom stereocenters. The fourth-order valence-electron chi connectivity index (χ4n) is 8.04. The number of aryl methyl sites for hydroxylation is 2. The van der Waals surface area contributed by atoms with Gasteiger partial charge >= 0.3 is 0 Å². The Morgan fingerprint density at radius 3 is 2.79 bits per heavy atom. The second-order valence-corrected chi connectivity index (χ2v) is 16.2. The molecule has 1 N–H and O–H groups in total. The molecule has 1 fully saturated rings. The minimum Gasteiger partial charge on any atom is -0.490 e. The van der Waals surface area contributed by atoms with E-state index in [1.807, 2.05) is 25.1 Å². The third-order valence-electron chi connectivity index (χ3n) is 10.7. The molecule has 10 nitrogen and oxygen atoms in total. The van der Waals surface area contributed by atoms with Gasteiger partial charge in [-0.3, -0.25) is 4.79 Å². The van der Waals surface area contributed by atoms with Gasteiger partial charge in [0.15, 0.2) is 0 Å². The Morgan fingerprint density at radius 2 is 2.02 bits per heavy atom. The van der Waals surface area contributed by atoms with Crippen LogP contribution in [0, 0.1) is 18.8 Å². The highest BCUT2D eigenvalue weighted by atomic mass is 35.5. The maximum Gasteiger partial charge on any atom is 0.264 e. The van der Waals surface area contributed by atoms with E-state index in [0.717, 1.165) is 49.4 Å². The van der Waals surface area contributed by atoms with Crippen molar-refractivity contribution >= 4 is 33.2 Å². The highest BCUT2D eigenvalue weighted by molar-refractivity contribution is 7.90. The van der Waals surface area contributed by atoms with Gasteiger partial charge in [-0.1, -0.05) is 36.7 Å². The van der Waals surface area contributed by atoms with Crippen LogP contribution >= 0.6 is 11.6 Å². The number of halogens is 1. The van der Waals surface area contributed by atoms with Gasteiger partial charge in [0, 0.05) is 36.0 Å². The fraction of sp³-hybridized carbons (Fsp3) is 0.528. The molecule has 2 aliphatic carbocycles. The summed E-state index contributed by atoms with van der Waals surface area (Å²) in [5, 5.41) is 8.09. The van der Waals surface area contributed by atoms with Gasteiger partial charge in [0.1, 0.15) is 12.4 Å². The lowest BCUT2D eigenvalue weighted by Crippen LogP contribution is -2.49. The number of rotatable bonds is 4. The van der Waals surface area contributed by atoms with E-state index in [1.165, 1.54) is 11.1 Å². The number of nitrogens with zero attached hydrogens (tertiary/aromatic N) is 3. The molecular formula is C36H43ClN4O6S. The van der Waals surface area contributed by atoms with Gasteiger partial charge in [-0.25, -0.2) is 13.1 Å². The number of anilines is 1. The zero-order valence-electron chi connectivity index (χ0n) is 27.5. The summed E-state index contributed by atoms with van der Waals surface area (Å²) in [6.45, 7) is 5.71. The Labute approximate surface area is 287 Å². The summed E-state index contributed by atoms with van der Waals surface area (Å²) in [7, 11) is -3.91. The largest absolute Gasteiger partial charge is 0.490 e. The molecule has 2 bridgehead atoms. The first-order chi connectivity index (χ1) is 23.1. The summed E-state index contributed by atoms with van der Waals surface area (Å²) < 4.78 is 47.9. The number of carbonyl (C=O) groups excluding carboxylic acids is 1. The summed E-state index contributed by atoms with van der Waals surface area (Å²) >= 11 is 6.44. The molecule has 4 aliphatic rings. The molecule has 12 heteroatoms. The molecule has 7 rings (SSSR count). The number of aromatic nitrogens is 2. The van der Waals surface area contributed by atoms with Crippen LogP contribution in [-0.2, 0) is 33.2 Å². The Kier molecular flexibility index (Phi) is 9.30. The normalized spacial score (nSPS) is 29.1. The Morgan fingerprint density at radius 1 is 1.15 bits per heavy atom. The number of nitrogens with one attached hydrogen (secondary N) is 1. The summed E-state index contributed by atoms with van der Waals surface area (Å²) in [6, 6.07) is 11.5. The lowest BCUT2D eigenvalue weighted by atomic mass is 9.68. The summed E-state index contributed by atoms with van der Waals surface area (Å²) in [4.78, 5) is 15.9. The highest BCUT2D eigenvalue weighted by Crippen LogP contribution is 2.47. The van der Waals surface area contributed by atoms with Crippen LogP contribution in [0.5, 0.6) is 5.75 Å². The van der Waals surface area contributed by atoms with Crippen LogP contribution < -0.4 is 14.4 Å². The van der Waals surface area contributed by atoms with E-state index >= 15 is 0 Å². The van der Waals surface area contributed by atoms with Crippen molar-refractivity contribution in [1.82, 2.24) is 14.9 Å². The standard InChI is InChI=1S/C36H43ClN4O6S/c1-3-28-8-4-5-9-32(45-20-34-39-38-23(2)47-34)29-13-10-26(29)19-41-21-36(16-6-7-24-17-27(37)12-14-30(24)36)22-46-33-15-11-25(18-31(33)41)35(42)40-48(28,43)44/h5,9,11-12,14-15,17-18,26,28-29,32H,3-4,6-8,10,13,16,19-22H2,1-2H3,(H,40,42)/b9-5+/t26-,28+,29+,32-,36-/m0/s1. The zero-order valence-corrected chi connectivity index (χ0v) is 29.1. The number of allylic oxidation sites excluding steroid dienone is 1. The molecule has 3 aromatic rings. The van der Waals surface area contributed by atoms with Gasteiger partial charge in [-0.2, -0.15) is 0 Å². The molecule has 1 saturated carbocycles. The van der Waals surface area contributed by atoms with Gasteiger partial charge in [0.05, 0.1) is 23.6 Å². The van der Waals surface area contributed by atoms with Crippen molar-refractivity contribution in [2.24, 2.45) is 11.8 Å². The Hall–Kier alpha value is -3.41. The lowest BCUT2D eigenvalue weighted by molar-refractivity contribution is -0.0295. The van der Waals surface area contributed by atoms with Crippen molar-refractivity contribution in [3.05, 3.63) is 82.0 Å². The highest BCUT2D eigenvalue weighted by Gasteiger charge is 2.44. The summed E-state index contributed by atoms with van der Waals surface area (Å²) in [5.74, 6) is 1.54. The molecular weight excluding hydrogens is 652 g/mol. The van der Waals surface area contributed by atoms with E-state index in [2.05, 4.69) is 38.0 Å². The SMILES string of the molecule is CC[C@@H]1CC/C=C/[C@H](OCc2nnc(C)o2)[C@@H]2CC[C@H]2CN2C[C@@]3(CCCc4cc(Cl)ccc43)COc3ccc(cc32)C(=O)NS1(=O)=O. The van der Waals surface area contributed by atoms with Crippen molar-refractivity contribution in [2.45, 2.75) is 88.6 Å². The minimum atomic E-state index is -3.91. The predicted molar refractivity (Wildman–Crippen MR) is 183 cm³/mol. The topological polar surface area (TPSA) is 124 Å². The summed E-state index contributed by atoms with van der Waals surface area (Å²) in [5.41, 5.74) is 3.34. The van der Waals surface area contributed by atoms with Crippen molar-refractivity contribution in [3.8, 4) is 5.75 Å². The van der Waals surface area contributed by atoms with Crippen molar-refractivity contribution < 1.29 is 27.1 Å². The maximum absolute atomic E-state index is 13.5. The average Bonchev–Trinajstić information content (AvgIpc) is 3.40. The smallest absolute Gasteiger partial charge is 0.264 e. The van der Waals surface area contributed by atoms with Crippen LogP contribution in [0.25, 0.3) is 0 Å². The molecule has 0 unspecified atom stereocenters. The van der Waals surface area contributed by atoms with E-state index in [1.54, 1.807) is 19.1 Å². The first-order valence-electron chi connectivity index (χ1n) is 17.1. The second kappa shape index (κ2) is 13.5. The maximum atomic E-state index is 13.5. The molecule has 2 aliphatic heterocycles. The van der Waals surface area contributed by atoms with Gasteiger partial charge in [-0.15, -0.1) is 10.2 Å². The number of hydrogen-bond donors (Lipinski definition) is 1. The number of amides is 1. The average molecular weight is 695 g/mol. The molecule has 2 aromatic carbocycles.